The Labute approximate surface area is 120 Å². The number of piperidine rings is 1. The monoisotopic (exact) mass is 279 g/mol. The van der Waals surface area contributed by atoms with Gasteiger partial charge in [0.1, 0.15) is 0 Å². The Kier molecular flexibility index (Phi) is 5.14. The van der Waals surface area contributed by atoms with Gasteiger partial charge in [0.05, 0.1) is 23.6 Å². The maximum absolute atomic E-state index is 12.1. The van der Waals surface area contributed by atoms with Gasteiger partial charge in [0.2, 0.25) is 5.91 Å². The number of nitrogens with one attached hydrogen (secondary N) is 2. The molecule has 0 bridgehead atoms. The van der Waals surface area contributed by atoms with Crippen LogP contribution in [-0.4, -0.2) is 47.2 Å². The number of anilines is 1. The maximum Gasteiger partial charge on any atom is 0.238 e. The van der Waals surface area contributed by atoms with Crippen molar-refractivity contribution < 1.29 is 4.79 Å². The lowest BCUT2D eigenvalue weighted by Crippen LogP contribution is -2.41. The molecule has 1 aliphatic rings. The molecule has 0 aromatic carbocycles. The van der Waals surface area contributed by atoms with E-state index in [-0.39, 0.29) is 5.91 Å². The lowest BCUT2D eigenvalue weighted by molar-refractivity contribution is -0.117. The van der Waals surface area contributed by atoms with E-state index in [2.05, 4.69) is 20.4 Å². The number of hydrogen-bond acceptors (Lipinski definition) is 4. The molecule has 0 radical (unpaired) electrons. The molecule has 0 saturated carbocycles. The van der Waals surface area contributed by atoms with Crippen LogP contribution in [0.25, 0.3) is 0 Å². The second-order valence-corrected chi connectivity index (χ2v) is 5.68. The molecular formula is C14H25N5O. The first kappa shape index (κ1) is 15.0. The van der Waals surface area contributed by atoms with Crippen LogP contribution in [0.2, 0.25) is 0 Å². The third kappa shape index (κ3) is 3.80. The SMILES string of the molecule is Cc1n[nH]c(C)c1NC(=O)CN1CCCC(CCN)C1. The maximum atomic E-state index is 12.1. The zero-order valence-electron chi connectivity index (χ0n) is 12.4. The molecule has 2 heterocycles. The summed E-state index contributed by atoms with van der Waals surface area (Å²) in [4.78, 5) is 14.4. The third-order valence-electron chi connectivity index (χ3n) is 3.94. The summed E-state index contributed by atoms with van der Waals surface area (Å²) in [5, 5.41) is 9.92. The minimum atomic E-state index is 0.0333. The number of H-pyrrole nitrogens is 1. The number of rotatable bonds is 5. The Morgan fingerprint density at radius 2 is 2.35 bits per heavy atom. The summed E-state index contributed by atoms with van der Waals surface area (Å²) in [6.07, 6.45) is 3.44. The van der Waals surface area contributed by atoms with Gasteiger partial charge in [-0.2, -0.15) is 5.10 Å². The number of amides is 1. The molecule has 1 aromatic heterocycles. The van der Waals surface area contributed by atoms with Crippen molar-refractivity contribution in [2.75, 3.05) is 31.5 Å². The van der Waals surface area contributed by atoms with Gasteiger partial charge in [-0.3, -0.25) is 14.8 Å². The number of carbonyl (C=O) groups excluding carboxylic acids is 1. The summed E-state index contributed by atoms with van der Waals surface area (Å²) >= 11 is 0. The van der Waals surface area contributed by atoms with Gasteiger partial charge >= 0.3 is 0 Å². The predicted octanol–water partition coefficient (Wildman–Crippen LogP) is 1.03. The van der Waals surface area contributed by atoms with Crippen LogP contribution in [-0.2, 0) is 4.79 Å². The zero-order valence-corrected chi connectivity index (χ0v) is 12.4. The van der Waals surface area contributed by atoms with Gasteiger partial charge < -0.3 is 11.1 Å². The average Bonchev–Trinajstić information content (AvgIpc) is 2.71. The summed E-state index contributed by atoms with van der Waals surface area (Å²) in [5.41, 5.74) is 8.16. The summed E-state index contributed by atoms with van der Waals surface area (Å²) < 4.78 is 0. The van der Waals surface area contributed by atoms with Gasteiger partial charge in [-0.1, -0.05) is 0 Å². The molecule has 1 amide bonds. The summed E-state index contributed by atoms with van der Waals surface area (Å²) in [7, 11) is 0. The number of aromatic nitrogens is 2. The van der Waals surface area contributed by atoms with Crippen LogP contribution in [0.15, 0.2) is 0 Å². The highest BCUT2D eigenvalue weighted by molar-refractivity contribution is 5.93. The number of nitrogens with zero attached hydrogens (tertiary/aromatic N) is 2. The fourth-order valence-corrected chi connectivity index (χ4v) is 2.88. The number of aromatic amines is 1. The van der Waals surface area contributed by atoms with Crippen molar-refractivity contribution in [2.45, 2.75) is 33.1 Å². The first-order valence-corrected chi connectivity index (χ1v) is 7.34. The van der Waals surface area contributed by atoms with Crippen molar-refractivity contribution in [2.24, 2.45) is 11.7 Å². The van der Waals surface area contributed by atoms with E-state index in [1.165, 1.54) is 6.42 Å². The fraction of sp³-hybridized carbons (Fsp3) is 0.714. The van der Waals surface area contributed by atoms with Crippen LogP contribution < -0.4 is 11.1 Å². The van der Waals surface area contributed by atoms with Gasteiger partial charge in [-0.25, -0.2) is 0 Å². The third-order valence-corrected chi connectivity index (χ3v) is 3.94. The molecule has 1 saturated heterocycles. The van der Waals surface area contributed by atoms with E-state index in [0.29, 0.717) is 12.5 Å². The molecule has 6 heteroatoms. The molecule has 6 nitrogen and oxygen atoms in total. The average molecular weight is 279 g/mol. The lowest BCUT2D eigenvalue weighted by atomic mass is 9.95. The number of carbonyl (C=O) groups is 1. The first-order chi connectivity index (χ1) is 9.60. The topological polar surface area (TPSA) is 87.0 Å². The molecule has 0 spiro atoms. The molecule has 0 aliphatic carbocycles. The van der Waals surface area contributed by atoms with E-state index in [9.17, 15) is 4.79 Å². The lowest BCUT2D eigenvalue weighted by Gasteiger charge is -2.32. The summed E-state index contributed by atoms with van der Waals surface area (Å²) in [6, 6.07) is 0. The Morgan fingerprint density at radius 1 is 1.55 bits per heavy atom. The van der Waals surface area contributed by atoms with Crippen LogP contribution in [0.3, 0.4) is 0 Å². The molecule has 1 aromatic rings. The van der Waals surface area contributed by atoms with Crippen molar-refractivity contribution in [1.29, 1.82) is 0 Å². The Hall–Kier alpha value is -1.40. The van der Waals surface area contributed by atoms with E-state index >= 15 is 0 Å². The van der Waals surface area contributed by atoms with Crippen molar-refractivity contribution in [3.05, 3.63) is 11.4 Å². The van der Waals surface area contributed by atoms with E-state index < -0.39 is 0 Å². The highest BCUT2D eigenvalue weighted by Crippen LogP contribution is 2.19. The Bertz CT molecular complexity index is 435. The normalized spacial score (nSPS) is 20.1. The quantitative estimate of drug-likeness (QED) is 0.751. The second-order valence-electron chi connectivity index (χ2n) is 5.68. The van der Waals surface area contributed by atoms with Gasteiger partial charge in [-0.05, 0) is 52.1 Å². The smallest absolute Gasteiger partial charge is 0.238 e. The van der Waals surface area contributed by atoms with Crippen molar-refractivity contribution in [1.82, 2.24) is 15.1 Å². The van der Waals surface area contributed by atoms with Crippen LogP contribution in [0, 0.1) is 19.8 Å². The molecule has 1 fully saturated rings. The number of aryl methyl sites for hydroxylation is 2. The van der Waals surface area contributed by atoms with Crippen LogP contribution in [0.4, 0.5) is 5.69 Å². The highest BCUT2D eigenvalue weighted by atomic mass is 16.2. The largest absolute Gasteiger partial charge is 0.330 e. The standard InChI is InChI=1S/C14H25N5O/c1-10-14(11(2)18-17-10)16-13(20)9-19-7-3-4-12(8-19)5-6-15/h12H,3-9,15H2,1-2H3,(H,16,20)(H,17,18). The van der Waals surface area contributed by atoms with Gasteiger partial charge in [0.25, 0.3) is 0 Å². The molecule has 1 unspecified atom stereocenters. The van der Waals surface area contributed by atoms with Crippen molar-refractivity contribution >= 4 is 11.6 Å². The van der Waals surface area contributed by atoms with Crippen molar-refractivity contribution in [3.8, 4) is 0 Å². The fourth-order valence-electron chi connectivity index (χ4n) is 2.88. The minimum absolute atomic E-state index is 0.0333. The molecule has 1 atom stereocenters. The van der Waals surface area contributed by atoms with Gasteiger partial charge in [0.15, 0.2) is 0 Å². The van der Waals surface area contributed by atoms with Crippen molar-refractivity contribution in [3.63, 3.8) is 0 Å². The highest BCUT2D eigenvalue weighted by Gasteiger charge is 2.21. The summed E-state index contributed by atoms with van der Waals surface area (Å²) in [5.74, 6) is 0.671. The first-order valence-electron chi connectivity index (χ1n) is 7.34. The molecule has 112 valence electrons. The van der Waals surface area contributed by atoms with Gasteiger partial charge in [-0.15, -0.1) is 0 Å². The van der Waals surface area contributed by atoms with E-state index in [0.717, 1.165) is 49.6 Å². The number of nitrogens with two attached hydrogens (primary N) is 1. The second kappa shape index (κ2) is 6.85. The summed E-state index contributed by atoms with van der Waals surface area (Å²) in [6.45, 7) is 6.96. The molecule has 1 aliphatic heterocycles. The molecule has 20 heavy (non-hydrogen) atoms. The predicted molar refractivity (Wildman–Crippen MR) is 79.5 cm³/mol. The molecule has 4 N–H and O–H groups in total. The minimum Gasteiger partial charge on any atom is -0.330 e. The van der Waals surface area contributed by atoms with E-state index in [4.69, 9.17) is 5.73 Å². The van der Waals surface area contributed by atoms with Crippen LogP contribution >= 0.6 is 0 Å². The number of hydrogen-bond donors (Lipinski definition) is 3. The van der Waals surface area contributed by atoms with E-state index in [1.54, 1.807) is 0 Å². The van der Waals surface area contributed by atoms with E-state index in [1.807, 2.05) is 13.8 Å². The molecular weight excluding hydrogens is 254 g/mol. The Balaban J connectivity index is 1.85. The number of likely N-dealkylation sites (tertiary alicyclic amines) is 1. The van der Waals surface area contributed by atoms with Gasteiger partial charge in [0, 0.05) is 6.54 Å². The molecule has 2 rings (SSSR count). The van der Waals surface area contributed by atoms with Crippen LogP contribution in [0.1, 0.15) is 30.7 Å². The Morgan fingerprint density at radius 3 is 3.00 bits per heavy atom. The van der Waals surface area contributed by atoms with Crippen LogP contribution in [0.5, 0.6) is 0 Å². The zero-order chi connectivity index (χ0) is 14.5.